The molecule has 0 spiro atoms. The summed E-state index contributed by atoms with van der Waals surface area (Å²) in [5.41, 5.74) is -0.414. The van der Waals surface area contributed by atoms with Crippen LogP contribution in [0, 0.1) is 0 Å². The standard InChI is InChI=1S/C22H28F3N3O3/c1-6-7-10-28-18(13-17(27(28)5)21(2,3)4)26-20(31)16-12-15(22(23,24)25)9-8-14(16)11-19(29)30/h8-9,12-13H,6-7,10-11H2,1-5H3,(H,29,30)/b26-18+. The first-order valence-corrected chi connectivity index (χ1v) is 10.0. The lowest BCUT2D eigenvalue weighted by Gasteiger charge is -2.20. The third-order valence-electron chi connectivity index (χ3n) is 4.96. The number of carboxylic acids is 1. The SMILES string of the molecule is CCCCn1/c(=N/C(=O)c2cc(C(F)(F)F)ccc2CC(=O)O)cc(C(C)(C)C)n1C. The molecule has 0 radical (unpaired) electrons. The van der Waals surface area contributed by atoms with Crippen LogP contribution in [-0.2, 0) is 36.4 Å². The fraction of sp³-hybridized carbons (Fsp3) is 0.500. The Kier molecular flexibility index (Phi) is 7.18. The molecule has 1 aromatic heterocycles. The van der Waals surface area contributed by atoms with E-state index >= 15 is 0 Å². The summed E-state index contributed by atoms with van der Waals surface area (Å²) in [6, 6.07) is 4.22. The second kappa shape index (κ2) is 9.11. The zero-order valence-electron chi connectivity index (χ0n) is 18.4. The van der Waals surface area contributed by atoms with Crippen LogP contribution in [0.4, 0.5) is 13.2 Å². The largest absolute Gasteiger partial charge is 0.481 e. The van der Waals surface area contributed by atoms with Crippen LogP contribution in [0.2, 0.25) is 0 Å². The van der Waals surface area contributed by atoms with Crippen LogP contribution in [0.15, 0.2) is 29.3 Å². The summed E-state index contributed by atoms with van der Waals surface area (Å²) in [7, 11) is 1.85. The van der Waals surface area contributed by atoms with Crippen molar-refractivity contribution in [2.24, 2.45) is 12.0 Å². The number of unbranched alkanes of at least 4 members (excludes halogenated alkanes) is 1. The summed E-state index contributed by atoms with van der Waals surface area (Å²) >= 11 is 0. The molecule has 1 amide bonds. The van der Waals surface area contributed by atoms with Gasteiger partial charge in [-0.15, -0.1) is 0 Å². The number of rotatable bonds is 6. The van der Waals surface area contributed by atoms with E-state index in [0.717, 1.165) is 30.7 Å². The van der Waals surface area contributed by atoms with E-state index in [1.54, 1.807) is 6.07 Å². The molecule has 31 heavy (non-hydrogen) atoms. The van der Waals surface area contributed by atoms with E-state index in [0.29, 0.717) is 18.1 Å². The topological polar surface area (TPSA) is 76.6 Å². The molecule has 2 aromatic rings. The number of alkyl halides is 3. The maximum atomic E-state index is 13.2. The Morgan fingerprint density at radius 3 is 2.29 bits per heavy atom. The van der Waals surface area contributed by atoms with Crippen LogP contribution >= 0.6 is 0 Å². The summed E-state index contributed by atoms with van der Waals surface area (Å²) in [6.07, 6.45) is -3.50. The number of carboxylic acid groups (broad SMARTS) is 1. The molecule has 0 saturated heterocycles. The molecule has 1 N–H and O–H groups in total. The first kappa shape index (κ1) is 24.4. The molecule has 0 atom stereocenters. The minimum Gasteiger partial charge on any atom is -0.481 e. The fourth-order valence-corrected chi connectivity index (χ4v) is 3.37. The molecule has 0 aliphatic carbocycles. The lowest BCUT2D eigenvalue weighted by molar-refractivity contribution is -0.137. The second-order valence-corrected chi connectivity index (χ2v) is 8.50. The van der Waals surface area contributed by atoms with E-state index in [1.165, 1.54) is 0 Å². The van der Waals surface area contributed by atoms with Gasteiger partial charge in [0.2, 0.25) is 0 Å². The Labute approximate surface area is 179 Å². The van der Waals surface area contributed by atoms with Crippen molar-refractivity contribution in [3.05, 3.63) is 52.1 Å². The van der Waals surface area contributed by atoms with Gasteiger partial charge in [0, 0.05) is 36.3 Å². The van der Waals surface area contributed by atoms with Crippen LogP contribution in [0.3, 0.4) is 0 Å². The molecule has 6 nitrogen and oxygen atoms in total. The van der Waals surface area contributed by atoms with Crippen LogP contribution in [0.25, 0.3) is 0 Å². The Morgan fingerprint density at radius 2 is 1.77 bits per heavy atom. The number of nitrogens with zero attached hydrogens (tertiary/aromatic N) is 3. The van der Waals surface area contributed by atoms with Crippen molar-refractivity contribution in [1.29, 1.82) is 0 Å². The van der Waals surface area contributed by atoms with Crippen LogP contribution in [-0.4, -0.2) is 26.3 Å². The minimum absolute atomic E-state index is 0.0127. The van der Waals surface area contributed by atoms with Gasteiger partial charge in [-0.05, 0) is 24.1 Å². The Balaban J connectivity index is 2.67. The van der Waals surface area contributed by atoms with Gasteiger partial charge in [-0.25, -0.2) is 0 Å². The van der Waals surface area contributed by atoms with E-state index < -0.39 is 30.0 Å². The number of carbonyl (C=O) groups is 2. The second-order valence-electron chi connectivity index (χ2n) is 8.50. The third-order valence-corrected chi connectivity index (χ3v) is 4.96. The van der Waals surface area contributed by atoms with Gasteiger partial charge >= 0.3 is 12.1 Å². The number of hydrogen-bond donors (Lipinski definition) is 1. The van der Waals surface area contributed by atoms with Crippen molar-refractivity contribution >= 4 is 11.9 Å². The molecular formula is C22H28F3N3O3. The van der Waals surface area contributed by atoms with Crippen molar-refractivity contribution in [1.82, 2.24) is 9.36 Å². The van der Waals surface area contributed by atoms with E-state index in [2.05, 4.69) is 4.99 Å². The van der Waals surface area contributed by atoms with Crippen molar-refractivity contribution < 1.29 is 27.9 Å². The van der Waals surface area contributed by atoms with Crippen molar-refractivity contribution in [3.8, 4) is 0 Å². The summed E-state index contributed by atoms with van der Waals surface area (Å²) in [5, 5.41) is 9.09. The quantitative estimate of drug-likeness (QED) is 0.729. The fourth-order valence-electron chi connectivity index (χ4n) is 3.37. The Hall–Kier alpha value is -2.84. The molecule has 0 unspecified atom stereocenters. The van der Waals surface area contributed by atoms with E-state index in [-0.39, 0.29) is 16.5 Å². The van der Waals surface area contributed by atoms with Crippen molar-refractivity contribution in [2.75, 3.05) is 0 Å². The molecule has 1 aromatic carbocycles. The molecule has 0 fully saturated rings. The highest BCUT2D eigenvalue weighted by Crippen LogP contribution is 2.31. The molecule has 0 aliphatic heterocycles. The number of halogens is 3. The summed E-state index contributed by atoms with van der Waals surface area (Å²) in [5.74, 6) is -2.15. The lowest BCUT2D eigenvalue weighted by Crippen LogP contribution is -2.25. The third kappa shape index (κ3) is 5.86. The van der Waals surface area contributed by atoms with Crippen LogP contribution in [0.1, 0.15) is 67.7 Å². The van der Waals surface area contributed by atoms with Gasteiger partial charge in [-0.1, -0.05) is 40.2 Å². The van der Waals surface area contributed by atoms with Crippen molar-refractivity contribution in [2.45, 2.75) is 65.1 Å². The zero-order chi connectivity index (χ0) is 23.6. The number of hydrogen-bond acceptors (Lipinski definition) is 2. The highest BCUT2D eigenvalue weighted by atomic mass is 19.4. The predicted molar refractivity (Wildman–Crippen MR) is 110 cm³/mol. The molecular weight excluding hydrogens is 411 g/mol. The number of benzene rings is 1. The van der Waals surface area contributed by atoms with E-state index in [1.807, 2.05) is 44.1 Å². The average Bonchev–Trinajstić information content (AvgIpc) is 2.94. The monoisotopic (exact) mass is 439 g/mol. The molecule has 0 bridgehead atoms. The minimum atomic E-state index is -4.66. The van der Waals surface area contributed by atoms with E-state index in [4.69, 9.17) is 5.11 Å². The number of amides is 1. The summed E-state index contributed by atoms with van der Waals surface area (Å²) in [6.45, 7) is 8.64. The van der Waals surface area contributed by atoms with Crippen molar-refractivity contribution in [3.63, 3.8) is 0 Å². The van der Waals surface area contributed by atoms with Crippen LogP contribution in [0.5, 0.6) is 0 Å². The Bertz CT molecular complexity index is 1040. The van der Waals surface area contributed by atoms with Gasteiger partial charge in [0.05, 0.1) is 12.0 Å². The zero-order valence-corrected chi connectivity index (χ0v) is 18.4. The summed E-state index contributed by atoms with van der Waals surface area (Å²) < 4.78 is 43.2. The predicted octanol–water partition coefficient (Wildman–Crippen LogP) is 4.31. The average molecular weight is 439 g/mol. The van der Waals surface area contributed by atoms with Gasteiger partial charge in [-0.2, -0.15) is 18.2 Å². The molecule has 0 saturated carbocycles. The van der Waals surface area contributed by atoms with Crippen LogP contribution < -0.4 is 5.49 Å². The molecule has 170 valence electrons. The van der Waals surface area contributed by atoms with Gasteiger partial charge in [0.25, 0.3) is 5.91 Å². The Morgan fingerprint density at radius 1 is 1.13 bits per heavy atom. The molecule has 1 heterocycles. The highest BCUT2D eigenvalue weighted by Gasteiger charge is 2.32. The molecule has 0 aliphatic rings. The number of aliphatic carboxylic acids is 1. The summed E-state index contributed by atoms with van der Waals surface area (Å²) in [4.78, 5) is 28.2. The van der Waals surface area contributed by atoms with Gasteiger partial charge in [-0.3, -0.25) is 19.0 Å². The van der Waals surface area contributed by atoms with Gasteiger partial charge < -0.3 is 5.11 Å². The lowest BCUT2D eigenvalue weighted by atomic mass is 9.92. The van der Waals surface area contributed by atoms with E-state index in [9.17, 15) is 22.8 Å². The van der Waals surface area contributed by atoms with Gasteiger partial charge in [0.1, 0.15) is 0 Å². The van der Waals surface area contributed by atoms with Gasteiger partial charge in [0.15, 0.2) is 5.49 Å². The normalized spacial score (nSPS) is 13.0. The smallest absolute Gasteiger partial charge is 0.416 e. The molecule has 2 rings (SSSR count). The first-order chi connectivity index (χ1) is 14.3. The maximum absolute atomic E-state index is 13.2. The first-order valence-electron chi connectivity index (χ1n) is 10.0. The number of carbonyl (C=O) groups excluding carboxylic acids is 1. The molecule has 9 heteroatoms. The number of aromatic nitrogens is 2. The maximum Gasteiger partial charge on any atom is 0.416 e. The highest BCUT2D eigenvalue weighted by molar-refractivity contribution is 5.97.